The summed E-state index contributed by atoms with van der Waals surface area (Å²) in [6, 6.07) is 4.93. The second kappa shape index (κ2) is 5.75. The zero-order chi connectivity index (χ0) is 17.7. The maximum Gasteiger partial charge on any atom is 0.414 e. The number of cyclic esters (lactones) is 1. The van der Waals surface area contributed by atoms with E-state index < -0.39 is 6.09 Å². The summed E-state index contributed by atoms with van der Waals surface area (Å²) in [7, 11) is 0. The lowest BCUT2D eigenvalue weighted by Crippen LogP contribution is -2.66. The minimum atomic E-state index is -0.451. The van der Waals surface area contributed by atoms with E-state index in [-0.39, 0.29) is 17.3 Å². The normalized spacial score (nSPS) is 26.0. The van der Waals surface area contributed by atoms with Crippen LogP contribution in [-0.2, 0) is 9.47 Å². The number of carbonyl (C=O) groups is 1. The zero-order valence-electron chi connectivity index (χ0n) is 14.2. The summed E-state index contributed by atoms with van der Waals surface area (Å²) < 4.78 is 25.3. The molecule has 1 aromatic carbocycles. The first-order chi connectivity index (χ1) is 12.6. The van der Waals surface area contributed by atoms with Gasteiger partial charge in [0, 0.05) is 25.5 Å². The molecule has 1 spiro atoms. The first kappa shape index (κ1) is 15.7. The van der Waals surface area contributed by atoms with E-state index in [1.807, 2.05) is 11.1 Å². The van der Waals surface area contributed by atoms with Crippen LogP contribution in [0.4, 0.5) is 20.6 Å². The van der Waals surface area contributed by atoms with Gasteiger partial charge in [0.1, 0.15) is 11.9 Å². The zero-order valence-corrected chi connectivity index (χ0v) is 14.2. The minimum Gasteiger partial charge on any atom is -0.442 e. The summed E-state index contributed by atoms with van der Waals surface area (Å²) >= 11 is 0. The summed E-state index contributed by atoms with van der Waals surface area (Å²) in [5.41, 5.74) is 7.05. The van der Waals surface area contributed by atoms with Crippen LogP contribution in [0.15, 0.2) is 30.6 Å². The third-order valence-electron chi connectivity index (χ3n) is 5.27. The third-order valence-corrected chi connectivity index (χ3v) is 5.27. The fraction of sp³-hybridized carbons (Fsp3) is 0.471. The van der Waals surface area contributed by atoms with E-state index in [0.717, 1.165) is 26.3 Å². The molecule has 0 bridgehead atoms. The first-order valence-corrected chi connectivity index (χ1v) is 8.67. The van der Waals surface area contributed by atoms with Crippen LogP contribution in [0.3, 0.4) is 0 Å². The molecule has 8 nitrogen and oxygen atoms in total. The Morgan fingerprint density at radius 1 is 1.31 bits per heavy atom. The van der Waals surface area contributed by atoms with Gasteiger partial charge in [0.05, 0.1) is 43.1 Å². The van der Waals surface area contributed by atoms with Crippen molar-refractivity contribution in [2.75, 3.05) is 49.2 Å². The number of anilines is 2. The Bertz CT molecular complexity index is 761. The van der Waals surface area contributed by atoms with Gasteiger partial charge in [-0.1, -0.05) is 0 Å². The highest BCUT2D eigenvalue weighted by Crippen LogP contribution is 2.41. The lowest BCUT2D eigenvalue weighted by atomic mass is 9.78. The van der Waals surface area contributed by atoms with Crippen LogP contribution in [0.5, 0.6) is 0 Å². The summed E-state index contributed by atoms with van der Waals surface area (Å²) in [5, 5.41) is 1.79. The van der Waals surface area contributed by atoms with Crippen molar-refractivity contribution < 1.29 is 18.7 Å². The van der Waals surface area contributed by atoms with E-state index in [1.54, 1.807) is 23.3 Å². The average molecular weight is 361 g/mol. The number of nitrogens with one attached hydrogen (secondary N) is 2. The van der Waals surface area contributed by atoms with Crippen LogP contribution in [0, 0.1) is 11.2 Å². The molecule has 9 heteroatoms. The van der Waals surface area contributed by atoms with Gasteiger partial charge in [0.2, 0.25) is 0 Å². The number of rotatable bonds is 4. The number of nitrogens with zero attached hydrogens (tertiary/aromatic N) is 3. The van der Waals surface area contributed by atoms with Crippen molar-refractivity contribution in [3.63, 3.8) is 0 Å². The number of carbonyl (C=O) groups excluding carboxylic acids is 1. The second-order valence-corrected chi connectivity index (χ2v) is 7.33. The smallest absolute Gasteiger partial charge is 0.414 e. The maximum atomic E-state index is 14.6. The van der Waals surface area contributed by atoms with Crippen molar-refractivity contribution in [3.05, 3.63) is 36.4 Å². The molecule has 0 aromatic heterocycles. The van der Waals surface area contributed by atoms with E-state index in [4.69, 9.17) is 9.47 Å². The van der Waals surface area contributed by atoms with Gasteiger partial charge in [0.25, 0.3) is 0 Å². The fourth-order valence-corrected chi connectivity index (χ4v) is 3.87. The molecule has 1 amide bonds. The molecule has 0 aliphatic carbocycles. The Balaban J connectivity index is 1.25. The van der Waals surface area contributed by atoms with Gasteiger partial charge in [-0.3, -0.25) is 9.91 Å². The number of amides is 1. The summed E-state index contributed by atoms with van der Waals surface area (Å²) in [6.45, 7) is 4.06. The standard InChI is InChI=1S/C17H20FN5O3/c18-14-5-12(1-2-15(14)21-8-17(9-21)10-25-11-17)23-7-13(26-16(23)24)6-22-4-3-19-20-22/h1-5,13,19-20H,6-11H2/t13-/m0/s1. The van der Waals surface area contributed by atoms with E-state index >= 15 is 0 Å². The highest BCUT2D eigenvalue weighted by molar-refractivity contribution is 5.90. The Labute approximate surface area is 150 Å². The number of benzene rings is 1. The molecule has 0 saturated carbocycles. The summed E-state index contributed by atoms with van der Waals surface area (Å²) in [5.74, 6) is -0.317. The Morgan fingerprint density at radius 3 is 2.81 bits per heavy atom. The molecular weight excluding hydrogens is 341 g/mol. The molecule has 4 heterocycles. The second-order valence-electron chi connectivity index (χ2n) is 7.33. The van der Waals surface area contributed by atoms with E-state index in [9.17, 15) is 9.18 Å². The number of hydrazine groups is 2. The molecule has 3 saturated heterocycles. The van der Waals surface area contributed by atoms with Gasteiger partial charge in [-0.2, -0.15) is 0 Å². The van der Waals surface area contributed by atoms with Gasteiger partial charge < -0.3 is 19.8 Å². The van der Waals surface area contributed by atoms with Crippen molar-refractivity contribution >= 4 is 17.5 Å². The van der Waals surface area contributed by atoms with Crippen molar-refractivity contribution in [2.24, 2.45) is 5.41 Å². The maximum absolute atomic E-state index is 14.6. The fourth-order valence-electron chi connectivity index (χ4n) is 3.87. The van der Waals surface area contributed by atoms with Crippen molar-refractivity contribution in [3.8, 4) is 0 Å². The largest absolute Gasteiger partial charge is 0.442 e. The molecule has 4 aliphatic heterocycles. The van der Waals surface area contributed by atoms with Crippen molar-refractivity contribution in [1.29, 1.82) is 0 Å². The average Bonchev–Trinajstić information content (AvgIpc) is 3.16. The number of ether oxygens (including phenoxy) is 2. The SMILES string of the molecule is O=C1O[C@@H](CN2C=CNN2)CN1c1ccc(N2CC3(COC3)C2)c(F)c1. The summed E-state index contributed by atoms with van der Waals surface area (Å²) in [6.07, 6.45) is 2.82. The van der Waals surface area contributed by atoms with Crippen LogP contribution in [0.25, 0.3) is 0 Å². The molecule has 2 N–H and O–H groups in total. The molecule has 3 fully saturated rings. The number of hydrogen-bond donors (Lipinski definition) is 2. The monoisotopic (exact) mass is 361 g/mol. The predicted octanol–water partition coefficient (Wildman–Crippen LogP) is 0.783. The van der Waals surface area contributed by atoms with Crippen LogP contribution in [0.1, 0.15) is 0 Å². The lowest BCUT2D eigenvalue weighted by molar-refractivity contribution is -0.127. The molecular formula is C17H20FN5O3. The van der Waals surface area contributed by atoms with E-state index in [2.05, 4.69) is 11.0 Å². The Hall–Kier alpha value is -2.52. The molecule has 5 rings (SSSR count). The van der Waals surface area contributed by atoms with Crippen LogP contribution in [0.2, 0.25) is 0 Å². The number of halogens is 1. The quantitative estimate of drug-likeness (QED) is 0.822. The van der Waals surface area contributed by atoms with Gasteiger partial charge in [0.15, 0.2) is 0 Å². The number of hydrogen-bond acceptors (Lipinski definition) is 7. The lowest BCUT2D eigenvalue weighted by Gasteiger charge is -2.56. The van der Waals surface area contributed by atoms with Crippen LogP contribution < -0.4 is 20.8 Å². The molecule has 26 heavy (non-hydrogen) atoms. The molecule has 1 aromatic rings. The molecule has 0 radical (unpaired) electrons. The van der Waals surface area contributed by atoms with Gasteiger partial charge >= 0.3 is 6.09 Å². The summed E-state index contributed by atoms with van der Waals surface area (Å²) in [4.78, 5) is 15.7. The van der Waals surface area contributed by atoms with Gasteiger partial charge in [-0.15, -0.1) is 5.53 Å². The van der Waals surface area contributed by atoms with Crippen LogP contribution in [-0.4, -0.2) is 56.6 Å². The highest BCUT2D eigenvalue weighted by Gasteiger charge is 2.49. The topological polar surface area (TPSA) is 69.3 Å². The van der Waals surface area contributed by atoms with E-state index in [1.165, 1.54) is 11.0 Å². The Morgan fingerprint density at radius 2 is 2.15 bits per heavy atom. The molecule has 138 valence electrons. The van der Waals surface area contributed by atoms with Crippen molar-refractivity contribution in [2.45, 2.75) is 6.10 Å². The van der Waals surface area contributed by atoms with Gasteiger partial charge in [-0.25, -0.2) is 9.18 Å². The van der Waals surface area contributed by atoms with Crippen LogP contribution >= 0.6 is 0 Å². The molecule has 0 unspecified atom stereocenters. The third kappa shape index (κ3) is 2.55. The van der Waals surface area contributed by atoms with Crippen molar-refractivity contribution in [1.82, 2.24) is 16.0 Å². The minimum absolute atomic E-state index is 0.226. The molecule has 4 aliphatic rings. The van der Waals surface area contributed by atoms with E-state index in [0.29, 0.717) is 24.5 Å². The highest BCUT2D eigenvalue weighted by atomic mass is 19.1. The first-order valence-electron chi connectivity index (χ1n) is 8.67. The predicted molar refractivity (Wildman–Crippen MR) is 91.6 cm³/mol. The molecule has 1 atom stereocenters. The van der Waals surface area contributed by atoms with Gasteiger partial charge in [-0.05, 0) is 18.2 Å². The Kier molecular flexibility index (Phi) is 3.47.